The minimum atomic E-state index is 0.0646. The van der Waals surface area contributed by atoms with Crippen LogP contribution < -0.4 is 5.32 Å². The van der Waals surface area contributed by atoms with Gasteiger partial charge < -0.3 is 10.2 Å². The van der Waals surface area contributed by atoms with Gasteiger partial charge in [0.15, 0.2) is 0 Å². The molecule has 1 aliphatic carbocycles. The molecule has 1 aliphatic heterocycles. The largest absolute Gasteiger partial charge is 0.341 e. The topological polar surface area (TPSA) is 32.3 Å². The fourth-order valence-electron chi connectivity index (χ4n) is 3.72. The second-order valence-electron chi connectivity index (χ2n) is 6.94. The Balaban J connectivity index is 1.86. The standard InChI is InChI=1S/C16H30N2O/c1-12(2)17-15-8-5-9-18(16(15)19)11-14-7-4-6-13(3)10-14/h12-15,17H,4-11H2,1-3H3. The van der Waals surface area contributed by atoms with Gasteiger partial charge in [-0.1, -0.05) is 33.6 Å². The molecule has 1 amide bonds. The van der Waals surface area contributed by atoms with Crippen molar-refractivity contribution >= 4 is 5.91 Å². The van der Waals surface area contributed by atoms with Gasteiger partial charge >= 0.3 is 0 Å². The third-order valence-corrected chi connectivity index (χ3v) is 4.59. The average Bonchev–Trinajstić information content (AvgIpc) is 2.34. The van der Waals surface area contributed by atoms with Crippen LogP contribution in [0.1, 0.15) is 59.3 Å². The van der Waals surface area contributed by atoms with Crippen molar-refractivity contribution in [2.75, 3.05) is 13.1 Å². The van der Waals surface area contributed by atoms with Crippen molar-refractivity contribution in [1.82, 2.24) is 10.2 Å². The van der Waals surface area contributed by atoms with E-state index in [0.717, 1.165) is 37.8 Å². The fourth-order valence-corrected chi connectivity index (χ4v) is 3.72. The van der Waals surface area contributed by atoms with Gasteiger partial charge in [0.25, 0.3) is 0 Å². The Bertz CT molecular complexity index is 303. The van der Waals surface area contributed by atoms with E-state index in [1.54, 1.807) is 0 Å². The first-order chi connectivity index (χ1) is 9.06. The summed E-state index contributed by atoms with van der Waals surface area (Å²) in [5, 5.41) is 3.42. The average molecular weight is 266 g/mol. The van der Waals surface area contributed by atoms with Crippen LogP contribution in [0.2, 0.25) is 0 Å². The van der Waals surface area contributed by atoms with Gasteiger partial charge in [0.2, 0.25) is 5.91 Å². The quantitative estimate of drug-likeness (QED) is 0.848. The van der Waals surface area contributed by atoms with Gasteiger partial charge in [-0.3, -0.25) is 4.79 Å². The molecule has 3 nitrogen and oxygen atoms in total. The molecule has 3 atom stereocenters. The lowest BCUT2D eigenvalue weighted by Crippen LogP contribution is -2.53. The summed E-state index contributed by atoms with van der Waals surface area (Å²) in [4.78, 5) is 14.6. The zero-order valence-corrected chi connectivity index (χ0v) is 12.8. The monoisotopic (exact) mass is 266 g/mol. The minimum absolute atomic E-state index is 0.0646. The summed E-state index contributed by atoms with van der Waals surface area (Å²) in [6.45, 7) is 8.57. The maximum atomic E-state index is 12.5. The first-order valence-electron chi connectivity index (χ1n) is 8.11. The summed E-state index contributed by atoms with van der Waals surface area (Å²) < 4.78 is 0. The van der Waals surface area contributed by atoms with Crippen LogP contribution in [-0.2, 0) is 4.79 Å². The lowest BCUT2D eigenvalue weighted by molar-refractivity contribution is -0.137. The number of nitrogens with one attached hydrogen (secondary N) is 1. The zero-order chi connectivity index (χ0) is 13.8. The van der Waals surface area contributed by atoms with Crippen molar-refractivity contribution in [2.45, 2.75) is 71.4 Å². The highest BCUT2D eigenvalue weighted by atomic mass is 16.2. The number of hydrogen-bond donors (Lipinski definition) is 1. The Morgan fingerprint density at radius 3 is 2.74 bits per heavy atom. The van der Waals surface area contributed by atoms with Gasteiger partial charge in [0.05, 0.1) is 6.04 Å². The zero-order valence-electron chi connectivity index (χ0n) is 12.8. The van der Waals surface area contributed by atoms with Crippen LogP contribution in [0.4, 0.5) is 0 Å². The van der Waals surface area contributed by atoms with Gasteiger partial charge in [0, 0.05) is 19.1 Å². The van der Waals surface area contributed by atoms with Crippen molar-refractivity contribution in [3.63, 3.8) is 0 Å². The molecule has 110 valence electrons. The predicted octanol–water partition coefficient (Wildman–Crippen LogP) is 2.80. The molecule has 0 bridgehead atoms. The van der Waals surface area contributed by atoms with Gasteiger partial charge in [-0.15, -0.1) is 0 Å². The van der Waals surface area contributed by atoms with Crippen molar-refractivity contribution in [3.05, 3.63) is 0 Å². The molecular formula is C16H30N2O. The molecule has 0 radical (unpaired) electrons. The third kappa shape index (κ3) is 4.20. The number of piperidine rings is 1. The van der Waals surface area contributed by atoms with Gasteiger partial charge in [-0.25, -0.2) is 0 Å². The molecule has 0 aromatic heterocycles. The summed E-state index contributed by atoms with van der Waals surface area (Å²) in [5.41, 5.74) is 0. The SMILES string of the molecule is CC1CCCC(CN2CCCC(NC(C)C)C2=O)C1. The van der Waals surface area contributed by atoms with E-state index in [2.05, 4.69) is 31.0 Å². The highest BCUT2D eigenvalue weighted by Gasteiger charge is 2.31. The number of hydrogen-bond acceptors (Lipinski definition) is 2. The molecule has 2 fully saturated rings. The predicted molar refractivity (Wildman–Crippen MR) is 79.0 cm³/mol. The summed E-state index contributed by atoms with van der Waals surface area (Å²) in [5.74, 6) is 1.94. The van der Waals surface area contributed by atoms with Crippen LogP contribution >= 0.6 is 0 Å². The van der Waals surface area contributed by atoms with Gasteiger partial charge in [0.1, 0.15) is 0 Å². The molecular weight excluding hydrogens is 236 g/mol. The maximum Gasteiger partial charge on any atom is 0.239 e. The normalized spacial score (nSPS) is 32.9. The molecule has 1 saturated heterocycles. The van der Waals surface area contributed by atoms with E-state index < -0.39 is 0 Å². The molecule has 19 heavy (non-hydrogen) atoms. The highest BCUT2D eigenvalue weighted by Crippen LogP contribution is 2.29. The van der Waals surface area contributed by atoms with E-state index in [4.69, 9.17) is 0 Å². The van der Waals surface area contributed by atoms with Crippen molar-refractivity contribution < 1.29 is 4.79 Å². The smallest absolute Gasteiger partial charge is 0.239 e. The van der Waals surface area contributed by atoms with Crippen LogP contribution in [0, 0.1) is 11.8 Å². The summed E-state index contributed by atoms with van der Waals surface area (Å²) in [7, 11) is 0. The fraction of sp³-hybridized carbons (Fsp3) is 0.938. The van der Waals surface area contributed by atoms with Crippen LogP contribution in [0.3, 0.4) is 0 Å². The third-order valence-electron chi connectivity index (χ3n) is 4.59. The first kappa shape index (κ1) is 14.8. The van der Waals surface area contributed by atoms with Crippen LogP contribution in [0.15, 0.2) is 0 Å². The van der Waals surface area contributed by atoms with Crippen LogP contribution in [0.5, 0.6) is 0 Å². The number of rotatable bonds is 4. The minimum Gasteiger partial charge on any atom is -0.341 e. The van der Waals surface area contributed by atoms with E-state index in [9.17, 15) is 4.79 Å². The van der Waals surface area contributed by atoms with E-state index in [1.807, 2.05) is 0 Å². The molecule has 3 heteroatoms. The van der Waals surface area contributed by atoms with Gasteiger partial charge in [-0.2, -0.15) is 0 Å². The Morgan fingerprint density at radius 2 is 2.05 bits per heavy atom. The number of amides is 1. The van der Waals surface area contributed by atoms with E-state index in [0.29, 0.717) is 11.9 Å². The molecule has 2 rings (SSSR count). The van der Waals surface area contributed by atoms with Crippen molar-refractivity contribution in [2.24, 2.45) is 11.8 Å². The van der Waals surface area contributed by atoms with E-state index >= 15 is 0 Å². The number of carbonyl (C=O) groups excluding carboxylic acids is 1. The van der Waals surface area contributed by atoms with Gasteiger partial charge in [-0.05, 0) is 37.5 Å². The lowest BCUT2D eigenvalue weighted by Gasteiger charge is -2.37. The number of nitrogens with zero attached hydrogens (tertiary/aromatic N) is 1. The molecule has 2 aliphatic rings. The molecule has 0 spiro atoms. The lowest BCUT2D eigenvalue weighted by atomic mass is 9.82. The van der Waals surface area contributed by atoms with Crippen molar-refractivity contribution in [1.29, 1.82) is 0 Å². The summed E-state index contributed by atoms with van der Waals surface area (Å²) >= 11 is 0. The Morgan fingerprint density at radius 1 is 1.26 bits per heavy atom. The molecule has 0 aromatic rings. The molecule has 1 N–H and O–H groups in total. The summed E-state index contributed by atoms with van der Waals surface area (Å²) in [6, 6.07) is 0.457. The molecule has 1 heterocycles. The first-order valence-corrected chi connectivity index (χ1v) is 8.11. The second kappa shape index (κ2) is 6.74. The van der Waals surface area contributed by atoms with E-state index in [1.165, 1.54) is 25.7 Å². The molecule has 3 unspecified atom stereocenters. The van der Waals surface area contributed by atoms with Crippen LogP contribution in [0.25, 0.3) is 0 Å². The molecule has 0 aromatic carbocycles. The number of likely N-dealkylation sites (tertiary alicyclic amines) is 1. The Hall–Kier alpha value is -0.570. The Kier molecular flexibility index (Phi) is 5.26. The van der Waals surface area contributed by atoms with Crippen molar-refractivity contribution in [3.8, 4) is 0 Å². The highest BCUT2D eigenvalue weighted by molar-refractivity contribution is 5.82. The Labute approximate surface area is 118 Å². The maximum absolute atomic E-state index is 12.5. The number of carbonyl (C=O) groups is 1. The molecule has 1 saturated carbocycles. The van der Waals surface area contributed by atoms with Crippen LogP contribution in [-0.4, -0.2) is 36.0 Å². The van der Waals surface area contributed by atoms with E-state index in [-0.39, 0.29) is 6.04 Å². The summed E-state index contributed by atoms with van der Waals surface area (Å²) in [6.07, 6.45) is 7.51. The second-order valence-corrected chi connectivity index (χ2v) is 6.94.